The molecule has 7 heteroatoms. The number of aromatic nitrogens is 3. The molecule has 6 nitrogen and oxygen atoms in total. The number of hydrogen-bond donors (Lipinski definition) is 1. The first-order valence-corrected chi connectivity index (χ1v) is 5.16. The van der Waals surface area contributed by atoms with Crippen LogP contribution in [0.2, 0.25) is 0 Å². The molecule has 2 N–H and O–H groups in total. The molecule has 15 heavy (non-hydrogen) atoms. The van der Waals surface area contributed by atoms with Crippen LogP contribution in [0.3, 0.4) is 0 Å². The van der Waals surface area contributed by atoms with E-state index in [1.165, 1.54) is 11.3 Å². The average Bonchev–Trinajstić information content (AvgIpc) is 2.89. The summed E-state index contributed by atoms with van der Waals surface area (Å²) in [5.74, 6) is 0.888. The number of rotatable bonds is 4. The maximum absolute atomic E-state index is 5.74. The zero-order valence-electron chi connectivity index (χ0n) is 8.08. The van der Waals surface area contributed by atoms with Crippen molar-refractivity contribution in [1.82, 2.24) is 15.1 Å². The fourth-order valence-corrected chi connectivity index (χ4v) is 1.61. The SMILES string of the molecule is COCC(N)c1nc(-c2cncs2)no1. The van der Waals surface area contributed by atoms with E-state index in [9.17, 15) is 0 Å². The van der Waals surface area contributed by atoms with Gasteiger partial charge in [0.25, 0.3) is 0 Å². The van der Waals surface area contributed by atoms with Crippen molar-refractivity contribution in [2.45, 2.75) is 6.04 Å². The van der Waals surface area contributed by atoms with Gasteiger partial charge in [0.05, 0.1) is 17.0 Å². The summed E-state index contributed by atoms with van der Waals surface area (Å²) in [5, 5.41) is 3.81. The van der Waals surface area contributed by atoms with Gasteiger partial charge in [-0.2, -0.15) is 4.98 Å². The molecule has 0 aliphatic heterocycles. The Balaban J connectivity index is 2.17. The largest absolute Gasteiger partial charge is 0.383 e. The summed E-state index contributed by atoms with van der Waals surface area (Å²) < 4.78 is 9.91. The van der Waals surface area contributed by atoms with Crippen LogP contribution in [0, 0.1) is 0 Å². The Bertz CT molecular complexity index is 414. The Morgan fingerprint density at radius 2 is 2.53 bits per heavy atom. The van der Waals surface area contributed by atoms with Crippen LogP contribution < -0.4 is 5.73 Å². The van der Waals surface area contributed by atoms with Crippen LogP contribution in [0.4, 0.5) is 0 Å². The smallest absolute Gasteiger partial charge is 0.246 e. The minimum Gasteiger partial charge on any atom is -0.383 e. The third-order valence-corrected chi connectivity index (χ3v) is 2.53. The molecule has 0 aliphatic rings. The van der Waals surface area contributed by atoms with Gasteiger partial charge in [0.2, 0.25) is 11.7 Å². The fraction of sp³-hybridized carbons (Fsp3) is 0.375. The number of nitrogens with zero attached hydrogens (tertiary/aromatic N) is 3. The molecule has 0 aromatic carbocycles. The quantitative estimate of drug-likeness (QED) is 0.831. The van der Waals surface area contributed by atoms with Crippen LogP contribution in [0.5, 0.6) is 0 Å². The predicted octanol–water partition coefficient (Wildman–Crippen LogP) is 0.839. The number of nitrogens with two attached hydrogens (primary N) is 1. The third-order valence-electron chi connectivity index (χ3n) is 1.76. The van der Waals surface area contributed by atoms with Crippen molar-refractivity contribution < 1.29 is 9.26 Å². The maximum Gasteiger partial charge on any atom is 0.246 e. The van der Waals surface area contributed by atoms with E-state index >= 15 is 0 Å². The van der Waals surface area contributed by atoms with Crippen molar-refractivity contribution in [2.24, 2.45) is 5.73 Å². The Morgan fingerprint density at radius 1 is 1.67 bits per heavy atom. The Hall–Kier alpha value is -1.31. The molecule has 80 valence electrons. The minimum atomic E-state index is -0.385. The van der Waals surface area contributed by atoms with Gasteiger partial charge in [-0.1, -0.05) is 5.16 Å². The molecule has 2 heterocycles. The molecule has 0 saturated heterocycles. The number of thiazole rings is 1. The summed E-state index contributed by atoms with van der Waals surface area (Å²) in [6.45, 7) is 0.352. The molecule has 2 rings (SSSR count). The lowest BCUT2D eigenvalue weighted by Gasteiger charge is -2.02. The molecular weight excluding hydrogens is 216 g/mol. The highest BCUT2D eigenvalue weighted by atomic mass is 32.1. The zero-order chi connectivity index (χ0) is 10.7. The van der Waals surface area contributed by atoms with Gasteiger partial charge in [0.15, 0.2) is 0 Å². The van der Waals surface area contributed by atoms with Crippen molar-refractivity contribution in [3.8, 4) is 10.7 Å². The summed E-state index contributed by atoms with van der Waals surface area (Å²) in [7, 11) is 1.57. The zero-order valence-corrected chi connectivity index (χ0v) is 8.90. The van der Waals surface area contributed by atoms with Gasteiger partial charge in [-0.25, -0.2) is 0 Å². The highest BCUT2D eigenvalue weighted by Gasteiger charge is 2.15. The molecule has 0 radical (unpaired) electrons. The van der Waals surface area contributed by atoms with E-state index in [1.807, 2.05) is 0 Å². The van der Waals surface area contributed by atoms with Crippen molar-refractivity contribution in [1.29, 1.82) is 0 Å². The lowest BCUT2D eigenvalue weighted by atomic mass is 10.3. The van der Waals surface area contributed by atoms with Gasteiger partial charge in [0.1, 0.15) is 6.04 Å². The highest BCUT2D eigenvalue weighted by Crippen LogP contribution is 2.20. The second-order valence-corrected chi connectivity index (χ2v) is 3.77. The van der Waals surface area contributed by atoms with Crippen LogP contribution in [-0.2, 0) is 4.74 Å². The van der Waals surface area contributed by atoms with E-state index in [2.05, 4.69) is 15.1 Å². The maximum atomic E-state index is 5.74. The lowest BCUT2D eigenvalue weighted by molar-refractivity contribution is 0.166. The van der Waals surface area contributed by atoms with Crippen molar-refractivity contribution >= 4 is 11.3 Å². The highest BCUT2D eigenvalue weighted by molar-refractivity contribution is 7.13. The van der Waals surface area contributed by atoms with Crippen LogP contribution in [0.25, 0.3) is 10.7 Å². The molecule has 2 aromatic rings. The summed E-state index contributed by atoms with van der Waals surface area (Å²) in [5.41, 5.74) is 7.45. The summed E-state index contributed by atoms with van der Waals surface area (Å²) in [6, 6.07) is -0.385. The third kappa shape index (κ3) is 2.20. The Labute approximate surface area is 90.1 Å². The van der Waals surface area contributed by atoms with Gasteiger partial charge in [-0.15, -0.1) is 11.3 Å². The number of methoxy groups -OCH3 is 1. The first-order valence-electron chi connectivity index (χ1n) is 4.28. The van der Waals surface area contributed by atoms with Crippen molar-refractivity contribution in [3.63, 3.8) is 0 Å². The second-order valence-electron chi connectivity index (χ2n) is 2.88. The normalized spacial score (nSPS) is 12.9. The molecule has 0 fully saturated rings. The molecule has 0 saturated carbocycles. The van der Waals surface area contributed by atoms with Gasteiger partial charge in [0, 0.05) is 13.3 Å². The first kappa shape index (κ1) is 10.2. The second kappa shape index (κ2) is 4.47. The summed E-state index contributed by atoms with van der Waals surface area (Å²) in [4.78, 5) is 8.94. The molecule has 2 aromatic heterocycles. The molecule has 0 bridgehead atoms. The van der Waals surface area contributed by atoms with Crippen LogP contribution in [0.15, 0.2) is 16.2 Å². The van der Waals surface area contributed by atoms with Gasteiger partial charge in [-0.3, -0.25) is 4.98 Å². The van der Waals surface area contributed by atoms with Crippen LogP contribution >= 0.6 is 11.3 Å². The molecule has 0 amide bonds. The van der Waals surface area contributed by atoms with E-state index < -0.39 is 0 Å². The number of hydrogen-bond acceptors (Lipinski definition) is 7. The fourth-order valence-electron chi connectivity index (χ4n) is 1.06. The van der Waals surface area contributed by atoms with E-state index in [0.29, 0.717) is 18.3 Å². The monoisotopic (exact) mass is 226 g/mol. The molecule has 0 spiro atoms. The predicted molar refractivity (Wildman–Crippen MR) is 54.2 cm³/mol. The van der Waals surface area contributed by atoms with Crippen LogP contribution in [-0.4, -0.2) is 28.8 Å². The van der Waals surface area contributed by atoms with Crippen molar-refractivity contribution in [3.05, 3.63) is 17.6 Å². The lowest BCUT2D eigenvalue weighted by Crippen LogP contribution is -2.16. The van der Waals surface area contributed by atoms with Gasteiger partial charge >= 0.3 is 0 Å². The molecule has 0 aliphatic carbocycles. The summed E-state index contributed by atoms with van der Waals surface area (Å²) >= 11 is 1.45. The Morgan fingerprint density at radius 3 is 3.20 bits per heavy atom. The molecule has 1 atom stereocenters. The first-order chi connectivity index (χ1) is 7.31. The minimum absolute atomic E-state index is 0.352. The summed E-state index contributed by atoms with van der Waals surface area (Å²) in [6.07, 6.45) is 1.68. The molecular formula is C8H10N4O2S. The van der Waals surface area contributed by atoms with Crippen LogP contribution in [0.1, 0.15) is 11.9 Å². The van der Waals surface area contributed by atoms with E-state index in [4.69, 9.17) is 15.0 Å². The van der Waals surface area contributed by atoms with Crippen molar-refractivity contribution in [2.75, 3.05) is 13.7 Å². The standard InChI is InChI=1S/C8H10N4O2S/c1-13-3-5(9)8-11-7(12-14-8)6-2-10-4-15-6/h2,4-5H,3,9H2,1H3. The van der Waals surface area contributed by atoms with E-state index in [1.54, 1.807) is 18.8 Å². The average molecular weight is 226 g/mol. The van der Waals surface area contributed by atoms with E-state index in [-0.39, 0.29) is 6.04 Å². The van der Waals surface area contributed by atoms with E-state index in [0.717, 1.165) is 4.88 Å². The Kier molecular flexibility index (Phi) is 3.05. The van der Waals surface area contributed by atoms with Gasteiger partial charge < -0.3 is 15.0 Å². The van der Waals surface area contributed by atoms with Gasteiger partial charge in [-0.05, 0) is 0 Å². The molecule has 1 unspecified atom stereocenters. The topological polar surface area (TPSA) is 87.1 Å². The number of ether oxygens (including phenoxy) is 1.